The fourth-order valence-electron chi connectivity index (χ4n) is 3.78. The highest BCUT2D eigenvalue weighted by Gasteiger charge is 2.25. The van der Waals surface area contributed by atoms with Crippen LogP contribution in [0.4, 0.5) is 0 Å². The molecule has 7 heteroatoms. The van der Waals surface area contributed by atoms with Crippen molar-refractivity contribution >= 4 is 39.2 Å². The molecule has 0 fully saturated rings. The number of aryl methyl sites for hydroxylation is 2. The molecule has 1 atom stereocenters. The molecule has 1 unspecified atom stereocenters. The molecule has 0 saturated carbocycles. The van der Waals surface area contributed by atoms with Crippen molar-refractivity contribution in [1.29, 1.82) is 0 Å². The highest BCUT2D eigenvalue weighted by atomic mass is 32.2. The van der Waals surface area contributed by atoms with E-state index in [2.05, 4.69) is 6.58 Å². The van der Waals surface area contributed by atoms with E-state index in [0.717, 1.165) is 29.5 Å². The Kier molecular flexibility index (Phi) is 6.99. The van der Waals surface area contributed by atoms with Gasteiger partial charge in [-0.1, -0.05) is 24.3 Å². The van der Waals surface area contributed by atoms with E-state index < -0.39 is 0 Å². The summed E-state index contributed by atoms with van der Waals surface area (Å²) < 4.78 is 1.68. The van der Waals surface area contributed by atoms with Crippen molar-refractivity contribution in [2.24, 2.45) is 0 Å². The SMILES string of the molecule is C=CCn1c(SC(C)C(=O)N(CC)CC)nc2sc3c(c2c1=O)CCCCC3. The second kappa shape index (κ2) is 9.27. The lowest BCUT2D eigenvalue weighted by molar-refractivity contribution is -0.129. The first-order valence-electron chi connectivity index (χ1n) is 10.1. The van der Waals surface area contributed by atoms with Crippen LogP contribution in [0.25, 0.3) is 10.2 Å². The highest BCUT2D eigenvalue weighted by molar-refractivity contribution is 8.00. The third kappa shape index (κ3) is 4.06. The van der Waals surface area contributed by atoms with Crippen LogP contribution in [0.1, 0.15) is 50.5 Å². The third-order valence-electron chi connectivity index (χ3n) is 5.31. The summed E-state index contributed by atoms with van der Waals surface area (Å²) >= 11 is 3.04. The van der Waals surface area contributed by atoms with Crippen molar-refractivity contribution in [3.05, 3.63) is 33.4 Å². The van der Waals surface area contributed by atoms with Gasteiger partial charge in [0.05, 0.1) is 10.6 Å². The minimum Gasteiger partial charge on any atom is -0.342 e. The number of thiophene rings is 1. The Bertz CT molecular complexity index is 928. The van der Waals surface area contributed by atoms with E-state index in [1.54, 1.807) is 22.0 Å². The van der Waals surface area contributed by atoms with Gasteiger partial charge in [-0.05, 0) is 52.0 Å². The number of hydrogen-bond donors (Lipinski definition) is 0. The number of thioether (sulfide) groups is 1. The van der Waals surface area contributed by atoms with Crippen LogP contribution < -0.4 is 5.56 Å². The minimum atomic E-state index is -0.293. The van der Waals surface area contributed by atoms with E-state index >= 15 is 0 Å². The predicted octanol–water partition coefficient (Wildman–Crippen LogP) is 4.26. The molecule has 0 aliphatic heterocycles. The van der Waals surface area contributed by atoms with Crippen molar-refractivity contribution in [1.82, 2.24) is 14.5 Å². The first kappa shape index (κ1) is 21.1. The van der Waals surface area contributed by atoms with Crippen LogP contribution >= 0.6 is 23.1 Å². The van der Waals surface area contributed by atoms with Gasteiger partial charge in [0.1, 0.15) is 4.83 Å². The summed E-state index contributed by atoms with van der Waals surface area (Å²) in [6.45, 7) is 11.4. The molecule has 0 saturated heterocycles. The van der Waals surface area contributed by atoms with Gasteiger partial charge in [0.2, 0.25) is 5.91 Å². The molecule has 2 heterocycles. The first-order chi connectivity index (χ1) is 13.5. The zero-order chi connectivity index (χ0) is 20.3. The Labute approximate surface area is 174 Å². The lowest BCUT2D eigenvalue weighted by Gasteiger charge is -2.23. The van der Waals surface area contributed by atoms with Gasteiger partial charge < -0.3 is 4.90 Å². The number of amides is 1. The van der Waals surface area contributed by atoms with Gasteiger partial charge >= 0.3 is 0 Å². The zero-order valence-corrected chi connectivity index (χ0v) is 18.6. The van der Waals surface area contributed by atoms with Crippen LogP contribution in [0, 0.1) is 0 Å². The van der Waals surface area contributed by atoms with Crippen LogP contribution in [0.5, 0.6) is 0 Å². The van der Waals surface area contributed by atoms with E-state index in [1.165, 1.54) is 35.0 Å². The van der Waals surface area contributed by atoms with E-state index in [1.807, 2.05) is 25.7 Å². The monoisotopic (exact) mass is 419 g/mol. The van der Waals surface area contributed by atoms with Crippen molar-refractivity contribution in [2.45, 2.75) is 69.8 Å². The van der Waals surface area contributed by atoms with Crippen LogP contribution in [-0.2, 0) is 24.2 Å². The second-order valence-corrected chi connectivity index (χ2v) is 9.51. The predicted molar refractivity (Wildman–Crippen MR) is 119 cm³/mol. The topological polar surface area (TPSA) is 55.2 Å². The molecular weight excluding hydrogens is 390 g/mol. The second-order valence-electron chi connectivity index (χ2n) is 7.11. The number of allylic oxidation sites excluding steroid dienone is 1. The van der Waals surface area contributed by atoms with E-state index in [0.29, 0.717) is 24.8 Å². The van der Waals surface area contributed by atoms with Crippen molar-refractivity contribution in [2.75, 3.05) is 13.1 Å². The number of hydrogen-bond acceptors (Lipinski definition) is 5. The summed E-state index contributed by atoms with van der Waals surface area (Å²) in [5.41, 5.74) is 1.21. The van der Waals surface area contributed by atoms with E-state index in [-0.39, 0.29) is 16.7 Å². The fourth-order valence-corrected chi connectivity index (χ4v) is 6.08. The summed E-state index contributed by atoms with van der Waals surface area (Å²) in [5.74, 6) is 0.0801. The highest BCUT2D eigenvalue weighted by Crippen LogP contribution is 2.34. The molecule has 0 N–H and O–H groups in total. The van der Waals surface area contributed by atoms with Crippen LogP contribution in [0.15, 0.2) is 22.6 Å². The van der Waals surface area contributed by atoms with Gasteiger partial charge in [0.25, 0.3) is 5.56 Å². The summed E-state index contributed by atoms with van der Waals surface area (Å²) in [6.07, 6.45) is 7.25. The Morgan fingerprint density at radius 1 is 1.32 bits per heavy atom. The molecular formula is C21H29N3O2S2. The average molecular weight is 420 g/mol. The molecule has 1 aliphatic rings. The van der Waals surface area contributed by atoms with Crippen molar-refractivity contribution < 1.29 is 4.79 Å². The van der Waals surface area contributed by atoms with Crippen molar-refractivity contribution in [3.63, 3.8) is 0 Å². The van der Waals surface area contributed by atoms with Crippen LogP contribution in [0.2, 0.25) is 0 Å². The summed E-state index contributed by atoms with van der Waals surface area (Å²) in [5, 5.41) is 1.11. The maximum Gasteiger partial charge on any atom is 0.263 e. The maximum atomic E-state index is 13.4. The summed E-state index contributed by atoms with van der Waals surface area (Å²) in [7, 11) is 0. The lowest BCUT2D eigenvalue weighted by Crippen LogP contribution is -2.36. The quantitative estimate of drug-likeness (QED) is 0.291. The number of carbonyl (C=O) groups excluding carboxylic acids is 1. The van der Waals surface area contributed by atoms with Gasteiger partial charge in [-0.15, -0.1) is 17.9 Å². The standard InChI is InChI=1S/C21H29N3O2S2/c1-5-13-24-20(26)17-15-11-9-8-10-12-16(15)28-18(17)22-21(24)27-14(4)19(25)23(6-2)7-3/h5,14H,1,6-13H2,2-4H3. The molecule has 1 aliphatic carbocycles. The largest absolute Gasteiger partial charge is 0.342 e. The molecule has 152 valence electrons. The van der Waals surface area contributed by atoms with E-state index in [9.17, 15) is 9.59 Å². The molecule has 1 amide bonds. The molecule has 28 heavy (non-hydrogen) atoms. The number of nitrogens with zero attached hydrogens (tertiary/aromatic N) is 3. The lowest BCUT2D eigenvalue weighted by atomic mass is 10.1. The van der Waals surface area contributed by atoms with Gasteiger partial charge in [-0.2, -0.15) is 0 Å². The molecule has 3 rings (SSSR count). The Hall–Kier alpha value is -1.60. The number of aromatic nitrogens is 2. The van der Waals surface area contributed by atoms with E-state index in [4.69, 9.17) is 4.98 Å². The summed E-state index contributed by atoms with van der Waals surface area (Å²) in [6, 6.07) is 0. The Balaban J connectivity index is 2.04. The van der Waals surface area contributed by atoms with Crippen molar-refractivity contribution in [3.8, 4) is 0 Å². The third-order valence-corrected chi connectivity index (χ3v) is 7.57. The van der Waals surface area contributed by atoms with Gasteiger partial charge in [0, 0.05) is 24.5 Å². The Morgan fingerprint density at radius 3 is 2.71 bits per heavy atom. The van der Waals surface area contributed by atoms with Gasteiger partial charge in [0.15, 0.2) is 5.16 Å². The maximum absolute atomic E-state index is 13.4. The first-order valence-corrected chi connectivity index (χ1v) is 11.8. The molecule has 0 bridgehead atoms. The van der Waals surface area contributed by atoms with Gasteiger partial charge in [-0.25, -0.2) is 4.98 Å². The summed E-state index contributed by atoms with van der Waals surface area (Å²) in [4.78, 5) is 34.9. The normalized spacial score (nSPS) is 15.1. The number of rotatable bonds is 7. The minimum absolute atomic E-state index is 0.00860. The van der Waals surface area contributed by atoms with Crippen LogP contribution in [0.3, 0.4) is 0 Å². The number of fused-ring (bicyclic) bond motifs is 3. The molecule has 2 aromatic rings. The average Bonchev–Trinajstić information content (AvgIpc) is 2.87. The Morgan fingerprint density at radius 2 is 2.04 bits per heavy atom. The number of carbonyl (C=O) groups is 1. The van der Waals surface area contributed by atoms with Gasteiger partial charge in [-0.3, -0.25) is 14.2 Å². The molecule has 0 spiro atoms. The van der Waals surface area contributed by atoms with Crippen LogP contribution in [-0.4, -0.2) is 38.7 Å². The molecule has 5 nitrogen and oxygen atoms in total. The molecule has 0 radical (unpaired) electrons. The smallest absolute Gasteiger partial charge is 0.263 e. The molecule has 0 aromatic carbocycles. The fraction of sp³-hybridized carbons (Fsp3) is 0.571. The zero-order valence-electron chi connectivity index (χ0n) is 17.0. The molecule has 2 aromatic heterocycles.